The summed E-state index contributed by atoms with van der Waals surface area (Å²) in [5, 5.41) is 4.73. The van der Waals surface area contributed by atoms with Crippen molar-refractivity contribution < 1.29 is 14.3 Å². The van der Waals surface area contributed by atoms with Gasteiger partial charge in [0.2, 0.25) is 0 Å². The molecule has 108 valence electrons. The molecule has 1 aromatic carbocycles. The summed E-state index contributed by atoms with van der Waals surface area (Å²) >= 11 is 1.40. The number of hydrogen-bond donors (Lipinski definition) is 1. The zero-order chi connectivity index (χ0) is 14.8. The molecule has 0 aliphatic carbocycles. The van der Waals surface area contributed by atoms with Gasteiger partial charge < -0.3 is 15.0 Å². The minimum atomic E-state index is -0.0941. The molecule has 1 N–H and O–H groups in total. The smallest absolute Gasteiger partial charge is 0.264 e. The van der Waals surface area contributed by atoms with Gasteiger partial charge in [0, 0.05) is 13.6 Å². The highest BCUT2D eigenvalue weighted by atomic mass is 32.1. The molecule has 1 aliphatic rings. The number of nitrogens with one attached hydrogen (secondary N) is 1. The molecule has 6 heteroatoms. The summed E-state index contributed by atoms with van der Waals surface area (Å²) in [6.07, 6.45) is 0. The Kier molecular flexibility index (Phi) is 3.62. The van der Waals surface area contributed by atoms with Crippen LogP contribution in [0.1, 0.15) is 15.2 Å². The van der Waals surface area contributed by atoms with Crippen LogP contribution in [0, 0.1) is 0 Å². The van der Waals surface area contributed by atoms with E-state index in [1.807, 2.05) is 29.6 Å². The predicted octanol–water partition coefficient (Wildman–Crippen LogP) is 2.03. The van der Waals surface area contributed by atoms with Crippen LogP contribution in [0.4, 0.5) is 5.69 Å². The van der Waals surface area contributed by atoms with E-state index in [-0.39, 0.29) is 18.4 Å². The second-order valence-electron chi connectivity index (χ2n) is 4.70. The maximum absolute atomic E-state index is 11.9. The molecule has 0 spiro atoms. The first-order chi connectivity index (χ1) is 10.1. The van der Waals surface area contributed by atoms with Crippen LogP contribution in [0.5, 0.6) is 5.75 Å². The molecule has 0 atom stereocenters. The van der Waals surface area contributed by atoms with Crippen LogP contribution in [-0.4, -0.2) is 25.5 Å². The number of carbonyl (C=O) groups is 2. The fourth-order valence-electron chi connectivity index (χ4n) is 2.10. The minimum Gasteiger partial charge on any atom is -0.482 e. The molecular weight excluding hydrogens is 288 g/mol. The fourth-order valence-corrected chi connectivity index (χ4v) is 2.75. The Morgan fingerprint density at radius 3 is 3.05 bits per heavy atom. The summed E-state index contributed by atoms with van der Waals surface area (Å²) in [6, 6.07) is 9.20. The van der Waals surface area contributed by atoms with Gasteiger partial charge in [0.1, 0.15) is 5.75 Å². The van der Waals surface area contributed by atoms with Gasteiger partial charge in [-0.1, -0.05) is 12.1 Å². The molecule has 0 bridgehead atoms. The average molecular weight is 302 g/mol. The van der Waals surface area contributed by atoms with Crippen LogP contribution < -0.4 is 15.0 Å². The number of fused-ring (bicyclic) bond motifs is 1. The third-order valence-electron chi connectivity index (χ3n) is 3.31. The van der Waals surface area contributed by atoms with Gasteiger partial charge in [0.15, 0.2) is 6.61 Å². The quantitative estimate of drug-likeness (QED) is 0.944. The summed E-state index contributed by atoms with van der Waals surface area (Å²) in [5.74, 6) is 0.510. The number of amides is 2. The van der Waals surface area contributed by atoms with Crippen molar-refractivity contribution in [3.05, 3.63) is 46.2 Å². The Balaban J connectivity index is 1.72. The highest BCUT2D eigenvalue weighted by Crippen LogP contribution is 2.31. The summed E-state index contributed by atoms with van der Waals surface area (Å²) in [5.41, 5.74) is 1.65. The van der Waals surface area contributed by atoms with E-state index in [2.05, 4.69) is 5.32 Å². The molecule has 21 heavy (non-hydrogen) atoms. The summed E-state index contributed by atoms with van der Waals surface area (Å²) in [4.78, 5) is 25.8. The van der Waals surface area contributed by atoms with E-state index in [1.165, 1.54) is 11.3 Å². The van der Waals surface area contributed by atoms with Crippen molar-refractivity contribution in [3.8, 4) is 5.75 Å². The lowest BCUT2D eigenvalue weighted by molar-refractivity contribution is -0.120. The number of nitrogens with zero attached hydrogens (tertiary/aromatic N) is 1. The Bertz CT molecular complexity index is 682. The Labute approximate surface area is 126 Å². The first kappa shape index (κ1) is 13.6. The molecule has 2 heterocycles. The van der Waals surface area contributed by atoms with Crippen molar-refractivity contribution in [2.45, 2.75) is 6.54 Å². The van der Waals surface area contributed by atoms with E-state index in [0.29, 0.717) is 17.2 Å². The van der Waals surface area contributed by atoms with E-state index in [9.17, 15) is 9.59 Å². The third-order valence-corrected chi connectivity index (χ3v) is 4.18. The topological polar surface area (TPSA) is 58.6 Å². The molecular formula is C15H14N2O3S. The van der Waals surface area contributed by atoms with Gasteiger partial charge >= 0.3 is 0 Å². The average Bonchev–Trinajstić information content (AvgIpc) is 3.03. The number of carbonyl (C=O) groups excluding carboxylic acids is 2. The van der Waals surface area contributed by atoms with Gasteiger partial charge in [-0.2, -0.15) is 0 Å². The molecule has 2 aromatic rings. The molecule has 0 fully saturated rings. The van der Waals surface area contributed by atoms with Gasteiger partial charge in [0.05, 0.1) is 10.6 Å². The Hall–Kier alpha value is -2.34. The fraction of sp³-hybridized carbons (Fsp3) is 0.200. The highest BCUT2D eigenvalue weighted by molar-refractivity contribution is 7.12. The van der Waals surface area contributed by atoms with Crippen molar-refractivity contribution in [3.63, 3.8) is 0 Å². The normalized spacial score (nSPS) is 13.6. The highest BCUT2D eigenvalue weighted by Gasteiger charge is 2.22. The number of benzene rings is 1. The lowest BCUT2D eigenvalue weighted by Gasteiger charge is -2.26. The maximum atomic E-state index is 11.9. The van der Waals surface area contributed by atoms with Crippen LogP contribution in [0.15, 0.2) is 35.7 Å². The molecule has 0 unspecified atom stereocenters. The molecule has 3 rings (SSSR count). The van der Waals surface area contributed by atoms with E-state index < -0.39 is 0 Å². The maximum Gasteiger partial charge on any atom is 0.264 e. The van der Waals surface area contributed by atoms with Gasteiger partial charge in [-0.05, 0) is 29.1 Å². The van der Waals surface area contributed by atoms with E-state index in [4.69, 9.17) is 4.74 Å². The second-order valence-corrected chi connectivity index (χ2v) is 5.65. The van der Waals surface area contributed by atoms with E-state index in [0.717, 1.165) is 11.3 Å². The standard InChI is InChI=1S/C15H14N2O3S/c1-17-11-7-10(4-5-12(11)20-9-14(17)18)8-16-15(19)13-3-2-6-21-13/h2-7H,8-9H2,1H3,(H,16,19). The largest absolute Gasteiger partial charge is 0.482 e. The third kappa shape index (κ3) is 2.75. The number of hydrogen-bond acceptors (Lipinski definition) is 4. The van der Waals surface area contributed by atoms with Gasteiger partial charge in [-0.25, -0.2) is 0 Å². The zero-order valence-corrected chi connectivity index (χ0v) is 12.3. The number of anilines is 1. The molecule has 1 aromatic heterocycles. The summed E-state index contributed by atoms with van der Waals surface area (Å²) in [6.45, 7) is 0.476. The first-order valence-electron chi connectivity index (χ1n) is 6.49. The molecule has 0 saturated carbocycles. The molecule has 1 aliphatic heterocycles. The van der Waals surface area contributed by atoms with Gasteiger partial charge in [0.25, 0.3) is 11.8 Å². The minimum absolute atomic E-state index is 0.0674. The van der Waals surface area contributed by atoms with Crippen LogP contribution >= 0.6 is 11.3 Å². The Morgan fingerprint density at radius 2 is 2.29 bits per heavy atom. The number of ether oxygens (including phenoxy) is 1. The summed E-state index contributed by atoms with van der Waals surface area (Å²) < 4.78 is 5.37. The van der Waals surface area contributed by atoms with Crippen molar-refractivity contribution in [1.82, 2.24) is 5.32 Å². The molecule has 5 nitrogen and oxygen atoms in total. The SMILES string of the molecule is CN1C(=O)COc2ccc(CNC(=O)c3cccs3)cc21. The molecule has 0 saturated heterocycles. The number of likely N-dealkylation sites (N-methyl/N-ethyl adjacent to an activating group) is 1. The Morgan fingerprint density at radius 1 is 1.43 bits per heavy atom. The second kappa shape index (κ2) is 5.57. The van der Waals surface area contributed by atoms with Crippen LogP contribution in [0.3, 0.4) is 0 Å². The van der Waals surface area contributed by atoms with Gasteiger partial charge in [-0.15, -0.1) is 11.3 Å². The lowest BCUT2D eigenvalue weighted by atomic mass is 10.1. The van der Waals surface area contributed by atoms with E-state index in [1.54, 1.807) is 18.0 Å². The summed E-state index contributed by atoms with van der Waals surface area (Å²) in [7, 11) is 1.72. The molecule has 2 amide bonds. The first-order valence-corrected chi connectivity index (χ1v) is 7.37. The van der Waals surface area contributed by atoms with Crippen LogP contribution in [0.2, 0.25) is 0 Å². The van der Waals surface area contributed by atoms with Crippen molar-refractivity contribution in [2.75, 3.05) is 18.6 Å². The van der Waals surface area contributed by atoms with E-state index >= 15 is 0 Å². The molecule has 0 radical (unpaired) electrons. The van der Waals surface area contributed by atoms with Crippen molar-refractivity contribution >= 4 is 28.8 Å². The van der Waals surface area contributed by atoms with Crippen LogP contribution in [0.25, 0.3) is 0 Å². The van der Waals surface area contributed by atoms with Crippen LogP contribution in [-0.2, 0) is 11.3 Å². The number of rotatable bonds is 3. The zero-order valence-electron chi connectivity index (χ0n) is 11.5. The number of thiophene rings is 1. The monoisotopic (exact) mass is 302 g/mol. The lowest BCUT2D eigenvalue weighted by Crippen LogP contribution is -2.35. The van der Waals surface area contributed by atoms with Gasteiger partial charge in [-0.3, -0.25) is 9.59 Å². The van der Waals surface area contributed by atoms with Crippen molar-refractivity contribution in [2.24, 2.45) is 0 Å². The van der Waals surface area contributed by atoms with Crippen molar-refractivity contribution in [1.29, 1.82) is 0 Å². The predicted molar refractivity (Wildman–Crippen MR) is 80.8 cm³/mol.